The van der Waals surface area contributed by atoms with Gasteiger partial charge in [-0.05, 0) is 44.9 Å². The Labute approximate surface area is 178 Å². The molecular formula is C22H23F2N7. The van der Waals surface area contributed by atoms with Crippen molar-refractivity contribution >= 4 is 17.0 Å². The molecule has 3 aromatic heterocycles. The highest BCUT2D eigenvalue weighted by Gasteiger charge is 2.27. The molecule has 1 saturated heterocycles. The summed E-state index contributed by atoms with van der Waals surface area (Å²) in [5.41, 5.74) is 2.77. The monoisotopic (exact) mass is 423 g/mol. The van der Waals surface area contributed by atoms with Crippen molar-refractivity contribution in [2.45, 2.75) is 38.6 Å². The molecule has 1 aliphatic rings. The second-order valence-corrected chi connectivity index (χ2v) is 8.17. The summed E-state index contributed by atoms with van der Waals surface area (Å²) in [6.45, 7) is 5.87. The van der Waals surface area contributed by atoms with E-state index in [-0.39, 0.29) is 12.0 Å². The molecule has 9 heteroatoms. The van der Waals surface area contributed by atoms with E-state index >= 15 is 0 Å². The van der Waals surface area contributed by atoms with Gasteiger partial charge in [0.15, 0.2) is 23.1 Å². The van der Waals surface area contributed by atoms with Gasteiger partial charge in [-0.25, -0.2) is 28.7 Å². The number of hydrogen-bond donors (Lipinski definition) is 1. The quantitative estimate of drug-likeness (QED) is 0.525. The maximum atomic E-state index is 13.7. The van der Waals surface area contributed by atoms with E-state index in [0.717, 1.165) is 49.2 Å². The lowest BCUT2D eigenvalue weighted by Crippen LogP contribution is -2.34. The van der Waals surface area contributed by atoms with Gasteiger partial charge >= 0.3 is 0 Å². The number of aromatic amines is 1. The van der Waals surface area contributed by atoms with Gasteiger partial charge in [-0.1, -0.05) is 0 Å². The molecule has 4 heterocycles. The Hall–Kier alpha value is -3.36. The van der Waals surface area contributed by atoms with Crippen molar-refractivity contribution in [2.24, 2.45) is 0 Å². The number of piperidine rings is 1. The first kappa shape index (κ1) is 19.6. The Morgan fingerprint density at radius 1 is 1.06 bits per heavy atom. The second-order valence-electron chi connectivity index (χ2n) is 8.17. The van der Waals surface area contributed by atoms with Gasteiger partial charge in [-0.2, -0.15) is 0 Å². The van der Waals surface area contributed by atoms with Crippen LogP contribution in [0.4, 0.5) is 14.6 Å². The maximum Gasteiger partial charge on any atom is 0.182 e. The Morgan fingerprint density at radius 2 is 1.87 bits per heavy atom. The molecule has 0 amide bonds. The van der Waals surface area contributed by atoms with Gasteiger partial charge < -0.3 is 14.5 Å². The van der Waals surface area contributed by atoms with Crippen molar-refractivity contribution in [1.29, 1.82) is 0 Å². The van der Waals surface area contributed by atoms with Crippen LogP contribution in [0.2, 0.25) is 0 Å². The summed E-state index contributed by atoms with van der Waals surface area (Å²) in [4.78, 5) is 23.1. The summed E-state index contributed by atoms with van der Waals surface area (Å²) in [5, 5.41) is 0. The highest BCUT2D eigenvalue weighted by molar-refractivity contribution is 5.82. The molecule has 0 atom stereocenters. The zero-order chi connectivity index (χ0) is 21.5. The van der Waals surface area contributed by atoms with Gasteiger partial charge in [-0.15, -0.1) is 0 Å². The van der Waals surface area contributed by atoms with Gasteiger partial charge in [0.1, 0.15) is 17.7 Å². The Kier molecular flexibility index (Phi) is 4.88. The summed E-state index contributed by atoms with van der Waals surface area (Å²) in [5.74, 6) is 0.424. The minimum Gasteiger partial charge on any atom is -0.355 e. The molecule has 0 unspecified atom stereocenters. The molecule has 1 aromatic carbocycles. The minimum absolute atomic E-state index is 0.214. The molecule has 0 bridgehead atoms. The van der Waals surface area contributed by atoms with Crippen LogP contribution in [-0.2, 0) is 0 Å². The number of hydrogen-bond acceptors (Lipinski definition) is 5. The predicted molar refractivity (Wildman–Crippen MR) is 114 cm³/mol. The van der Waals surface area contributed by atoms with E-state index in [1.54, 1.807) is 18.7 Å². The summed E-state index contributed by atoms with van der Waals surface area (Å²) < 4.78 is 29.2. The van der Waals surface area contributed by atoms with Crippen LogP contribution in [0.3, 0.4) is 0 Å². The number of H-pyrrole nitrogens is 1. The largest absolute Gasteiger partial charge is 0.355 e. The van der Waals surface area contributed by atoms with Crippen molar-refractivity contribution in [1.82, 2.24) is 29.5 Å². The lowest BCUT2D eigenvalue weighted by Gasteiger charge is -2.33. The molecule has 7 nitrogen and oxygen atoms in total. The summed E-state index contributed by atoms with van der Waals surface area (Å²) >= 11 is 0. The summed E-state index contributed by atoms with van der Waals surface area (Å²) in [6.07, 6.45) is 6.96. The average molecular weight is 423 g/mol. The molecule has 1 N–H and O–H groups in total. The fourth-order valence-electron chi connectivity index (χ4n) is 4.26. The number of halogens is 2. The fourth-order valence-corrected chi connectivity index (χ4v) is 4.26. The topological polar surface area (TPSA) is 75.5 Å². The van der Waals surface area contributed by atoms with Crippen LogP contribution in [0.1, 0.15) is 44.5 Å². The van der Waals surface area contributed by atoms with Crippen LogP contribution in [-0.4, -0.2) is 42.6 Å². The SMILES string of the molecule is CC(C)n1cc(-c2ccc(F)c(F)c2)nc1C1CCN(c2ncnc3nc[nH]c23)CC1. The molecule has 0 saturated carbocycles. The molecular weight excluding hydrogens is 400 g/mol. The Bertz CT molecular complexity index is 1220. The highest BCUT2D eigenvalue weighted by atomic mass is 19.2. The van der Waals surface area contributed by atoms with E-state index in [1.165, 1.54) is 6.07 Å². The van der Waals surface area contributed by atoms with E-state index in [0.29, 0.717) is 16.9 Å². The number of benzene rings is 1. The Balaban J connectivity index is 1.40. The molecule has 31 heavy (non-hydrogen) atoms. The van der Waals surface area contributed by atoms with Crippen molar-refractivity contribution in [3.63, 3.8) is 0 Å². The van der Waals surface area contributed by atoms with Crippen LogP contribution in [0.15, 0.2) is 37.1 Å². The first-order valence-corrected chi connectivity index (χ1v) is 10.4. The van der Waals surface area contributed by atoms with Gasteiger partial charge in [0.05, 0.1) is 12.0 Å². The van der Waals surface area contributed by atoms with E-state index < -0.39 is 11.6 Å². The highest BCUT2D eigenvalue weighted by Crippen LogP contribution is 2.34. The van der Waals surface area contributed by atoms with Crippen LogP contribution in [0.25, 0.3) is 22.4 Å². The third-order valence-corrected chi connectivity index (χ3v) is 5.90. The third kappa shape index (κ3) is 3.54. The predicted octanol–water partition coefficient (Wildman–Crippen LogP) is 4.46. The average Bonchev–Trinajstić information content (AvgIpc) is 3.43. The summed E-state index contributed by atoms with van der Waals surface area (Å²) in [7, 11) is 0. The van der Waals surface area contributed by atoms with Crippen LogP contribution in [0.5, 0.6) is 0 Å². The fraction of sp³-hybridized carbons (Fsp3) is 0.364. The minimum atomic E-state index is -0.860. The number of nitrogens with zero attached hydrogens (tertiary/aromatic N) is 6. The van der Waals surface area contributed by atoms with Crippen molar-refractivity contribution < 1.29 is 8.78 Å². The molecule has 0 aliphatic carbocycles. The molecule has 0 spiro atoms. The molecule has 5 rings (SSSR count). The zero-order valence-electron chi connectivity index (χ0n) is 17.4. The molecule has 4 aromatic rings. The summed E-state index contributed by atoms with van der Waals surface area (Å²) in [6, 6.07) is 4.14. The maximum absolute atomic E-state index is 13.7. The van der Waals surface area contributed by atoms with Crippen molar-refractivity contribution in [3.05, 3.63) is 54.5 Å². The third-order valence-electron chi connectivity index (χ3n) is 5.90. The standard InChI is InChI=1S/C22H23F2N7/c1-13(2)31-10-18(15-3-4-16(23)17(24)9-15)29-21(31)14-5-7-30(8-6-14)22-19-20(26-11-25-19)27-12-28-22/h3-4,9-14H,5-8H2,1-2H3,(H,25,26,27,28). The first-order valence-electron chi connectivity index (χ1n) is 10.4. The van der Waals surface area contributed by atoms with Gasteiger partial charge in [0.25, 0.3) is 0 Å². The van der Waals surface area contributed by atoms with Gasteiger partial charge in [-0.3, -0.25) is 0 Å². The number of fused-ring (bicyclic) bond motifs is 1. The molecule has 1 aliphatic heterocycles. The van der Waals surface area contributed by atoms with Crippen LogP contribution < -0.4 is 4.90 Å². The number of imidazole rings is 2. The van der Waals surface area contributed by atoms with Crippen LogP contribution >= 0.6 is 0 Å². The molecule has 160 valence electrons. The number of rotatable bonds is 4. The number of nitrogens with one attached hydrogen (secondary N) is 1. The van der Waals surface area contributed by atoms with E-state index in [2.05, 4.69) is 43.3 Å². The van der Waals surface area contributed by atoms with Gasteiger partial charge in [0.2, 0.25) is 0 Å². The number of anilines is 1. The Morgan fingerprint density at radius 3 is 2.61 bits per heavy atom. The van der Waals surface area contributed by atoms with E-state index in [4.69, 9.17) is 4.98 Å². The van der Waals surface area contributed by atoms with Crippen LogP contribution in [0, 0.1) is 11.6 Å². The zero-order valence-corrected chi connectivity index (χ0v) is 17.4. The smallest absolute Gasteiger partial charge is 0.182 e. The van der Waals surface area contributed by atoms with E-state index in [1.807, 2.05) is 6.20 Å². The second kappa shape index (κ2) is 7.72. The lowest BCUT2D eigenvalue weighted by atomic mass is 9.95. The first-order chi connectivity index (χ1) is 15.0. The van der Waals surface area contributed by atoms with Crippen molar-refractivity contribution in [2.75, 3.05) is 18.0 Å². The van der Waals surface area contributed by atoms with Crippen molar-refractivity contribution in [3.8, 4) is 11.3 Å². The van der Waals surface area contributed by atoms with E-state index in [9.17, 15) is 8.78 Å². The molecule has 0 radical (unpaired) electrons. The number of aromatic nitrogens is 6. The molecule has 1 fully saturated rings. The normalized spacial score (nSPS) is 15.3. The van der Waals surface area contributed by atoms with Gasteiger partial charge in [0, 0.05) is 36.8 Å². The lowest BCUT2D eigenvalue weighted by molar-refractivity contribution is 0.448.